The fraction of sp³-hybridized carbons (Fsp3) is 0.500. The van der Waals surface area contributed by atoms with E-state index in [1.807, 2.05) is 0 Å². The van der Waals surface area contributed by atoms with Gasteiger partial charge < -0.3 is 21.1 Å². The topological polar surface area (TPSA) is 131 Å². The Balaban J connectivity index is 0.00000364. The van der Waals surface area contributed by atoms with Gasteiger partial charge in [-0.2, -0.15) is 4.31 Å². The summed E-state index contributed by atoms with van der Waals surface area (Å²) < 4.78 is 32.6. The number of nitrogens with one attached hydrogen (secondary N) is 2. The van der Waals surface area contributed by atoms with Crippen molar-refractivity contribution < 1.29 is 22.7 Å². The van der Waals surface area contributed by atoms with Crippen LogP contribution in [-0.4, -0.2) is 57.3 Å². The van der Waals surface area contributed by atoms with Gasteiger partial charge in [-0.25, -0.2) is 8.42 Å². The maximum Gasteiger partial charge on any atom is 0.246 e. The van der Waals surface area contributed by atoms with Crippen molar-refractivity contribution in [3.63, 3.8) is 0 Å². The first kappa shape index (κ1) is 23.2. The van der Waals surface area contributed by atoms with Crippen molar-refractivity contribution in [2.24, 2.45) is 5.73 Å². The van der Waals surface area contributed by atoms with Crippen molar-refractivity contribution in [3.8, 4) is 5.75 Å². The van der Waals surface area contributed by atoms with Crippen LogP contribution < -0.4 is 21.1 Å². The second kappa shape index (κ2) is 10.5. The van der Waals surface area contributed by atoms with E-state index in [2.05, 4.69) is 10.6 Å². The Morgan fingerprint density at radius 1 is 1.22 bits per heavy atom. The van der Waals surface area contributed by atoms with Crippen LogP contribution in [0.15, 0.2) is 23.1 Å². The van der Waals surface area contributed by atoms with E-state index in [-0.39, 0.29) is 36.1 Å². The van der Waals surface area contributed by atoms with Gasteiger partial charge >= 0.3 is 0 Å². The Labute approximate surface area is 165 Å². The van der Waals surface area contributed by atoms with Crippen LogP contribution in [0.25, 0.3) is 0 Å². The Hall–Kier alpha value is -1.88. The van der Waals surface area contributed by atoms with Crippen molar-refractivity contribution >= 4 is 39.9 Å². The van der Waals surface area contributed by atoms with E-state index in [0.717, 1.165) is 12.8 Å². The second-order valence-corrected chi connectivity index (χ2v) is 7.64. The fourth-order valence-electron chi connectivity index (χ4n) is 2.59. The van der Waals surface area contributed by atoms with Gasteiger partial charge in [0.05, 0.1) is 19.7 Å². The summed E-state index contributed by atoms with van der Waals surface area (Å²) in [5, 5.41) is 4.91. The molecule has 27 heavy (non-hydrogen) atoms. The number of ether oxygens (including phenoxy) is 1. The predicted octanol–water partition coefficient (Wildman–Crippen LogP) is 0.305. The van der Waals surface area contributed by atoms with Crippen LogP contribution in [0.1, 0.15) is 19.8 Å². The summed E-state index contributed by atoms with van der Waals surface area (Å²) in [6, 6.07) is 4.44. The average Bonchev–Trinajstić information content (AvgIpc) is 3.16. The maximum atomic E-state index is 12.9. The van der Waals surface area contributed by atoms with E-state index in [0.29, 0.717) is 25.4 Å². The number of carbonyl (C=O) groups excluding carboxylic acids is 2. The molecule has 0 unspecified atom stereocenters. The van der Waals surface area contributed by atoms with E-state index >= 15 is 0 Å². The third-order valence-corrected chi connectivity index (χ3v) is 5.76. The van der Waals surface area contributed by atoms with E-state index in [1.165, 1.54) is 16.4 Å². The van der Waals surface area contributed by atoms with Crippen molar-refractivity contribution in [1.82, 2.24) is 9.62 Å². The second-order valence-electron chi connectivity index (χ2n) is 5.73. The molecule has 1 fully saturated rings. The highest BCUT2D eigenvalue weighted by Crippen LogP contribution is 2.31. The SMILES string of the molecule is CCOc1ccc(NC(=O)CNC(=O)CN)cc1S(=O)(=O)N1CCCC1.Cl. The molecule has 1 heterocycles. The lowest BCUT2D eigenvalue weighted by molar-refractivity contribution is -0.123. The number of carbonyl (C=O) groups is 2. The molecule has 9 nitrogen and oxygen atoms in total. The first-order chi connectivity index (χ1) is 12.4. The summed E-state index contributed by atoms with van der Waals surface area (Å²) in [5.41, 5.74) is 5.46. The van der Waals surface area contributed by atoms with Crippen LogP contribution >= 0.6 is 12.4 Å². The summed E-state index contributed by atoms with van der Waals surface area (Å²) in [6.45, 7) is 2.55. The smallest absolute Gasteiger partial charge is 0.246 e. The Kier molecular flexibility index (Phi) is 8.97. The molecule has 0 aromatic heterocycles. The monoisotopic (exact) mass is 420 g/mol. The molecule has 0 aliphatic carbocycles. The highest BCUT2D eigenvalue weighted by Gasteiger charge is 2.30. The van der Waals surface area contributed by atoms with Gasteiger partial charge in [-0.3, -0.25) is 9.59 Å². The minimum atomic E-state index is -3.71. The lowest BCUT2D eigenvalue weighted by Gasteiger charge is -2.19. The van der Waals surface area contributed by atoms with Gasteiger partial charge in [-0.1, -0.05) is 0 Å². The minimum absolute atomic E-state index is 0. The number of halogens is 1. The molecule has 1 aliphatic rings. The van der Waals surface area contributed by atoms with Gasteiger partial charge in [0.1, 0.15) is 10.6 Å². The molecule has 0 atom stereocenters. The van der Waals surface area contributed by atoms with Crippen LogP contribution in [0.2, 0.25) is 0 Å². The summed E-state index contributed by atoms with van der Waals surface area (Å²) in [4.78, 5) is 23.0. The lowest BCUT2D eigenvalue weighted by atomic mass is 10.3. The number of rotatable bonds is 8. The van der Waals surface area contributed by atoms with Gasteiger partial charge in [0, 0.05) is 18.8 Å². The van der Waals surface area contributed by atoms with Crippen molar-refractivity contribution in [3.05, 3.63) is 18.2 Å². The van der Waals surface area contributed by atoms with Gasteiger partial charge in [-0.05, 0) is 38.0 Å². The highest BCUT2D eigenvalue weighted by atomic mass is 35.5. The van der Waals surface area contributed by atoms with Crippen LogP contribution in [0, 0.1) is 0 Å². The number of sulfonamides is 1. The molecule has 1 aromatic rings. The molecule has 0 radical (unpaired) electrons. The standard InChI is InChI=1S/C16H24N4O5S.ClH/c1-2-25-13-6-5-12(19-16(22)11-18-15(21)10-17)9-14(13)26(23,24)20-7-3-4-8-20;/h5-6,9H,2-4,7-8,10-11,17H2,1H3,(H,18,21)(H,19,22);1H. The highest BCUT2D eigenvalue weighted by molar-refractivity contribution is 7.89. The number of nitrogens with two attached hydrogens (primary N) is 1. The maximum absolute atomic E-state index is 12.9. The summed E-state index contributed by atoms with van der Waals surface area (Å²) in [7, 11) is -3.71. The fourth-order valence-corrected chi connectivity index (χ4v) is 4.26. The minimum Gasteiger partial charge on any atom is -0.492 e. The van der Waals surface area contributed by atoms with Crippen LogP contribution in [0.4, 0.5) is 5.69 Å². The number of hydrogen-bond donors (Lipinski definition) is 3. The first-order valence-electron chi connectivity index (χ1n) is 8.42. The molecule has 1 aromatic carbocycles. The molecule has 2 amide bonds. The number of hydrogen-bond acceptors (Lipinski definition) is 6. The normalized spacial score (nSPS) is 14.3. The van der Waals surface area contributed by atoms with Gasteiger partial charge in [0.15, 0.2) is 0 Å². The predicted molar refractivity (Wildman–Crippen MR) is 104 cm³/mol. The van der Waals surface area contributed by atoms with Crippen molar-refractivity contribution in [2.75, 3.05) is 38.1 Å². The van der Waals surface area contributed by atoms with Crippen molar-refractivity contribution in [2.45, 2.75) is 24.7 Å². The van der Waals surface area contributed by atoms with Crippen LogP contribution in [-0.2, 0) is 19.6 Å². The zero-order valence-electron chi connectivity index (χ0n) is 15.1. The molecular formula is C16H25ClN4O5S. The molecule has 4 N–H and O–H groups in total. The number of amides is 2. The largest absolute Gasteiger partial charge is 0.492 e. The molecule has 0 bridgehead atoms. The van der Waals surface area contributed by atoms with Crippen LogP contribution in [0.3, 0.4) is 0 Å². The molecule has 152 valence electrons. The first-order valence-corrected chi connectivity index (χ1v) is 9.86. The third kappa shape index (κ3) is 6.06. The van der Waals surface area contributed by atoms with Gasteiger partial charge in [0.2, 0.25) is 21.8 Å². The molecule has 1 aliphatic heterocycles. The summed E-state index contributed by atoms with van der Waals surface area (Å²) >= 11 is 0. The number of nitrogens with zero attached hydrogens (tertiary/aromatic N) is 1. The molecule has 0 saturated carbocycles. The van der Waals surface area contributed by atoms with Gasteiger partial charge in [-0.15, -0.1) is 12.4 Å². The number of benzene rings is 1. The van der Waals surface area contributed by atoms with E-state index in [4.69, 9.17) is 10.5 Å². The zero-order chi connectivity index (χ0) is 19.2. The molecule has 0 spiro atoms. The lowest BCUT2D eigenvalue weighted by Crippen LogP contribution is -2.36. The van der Waals surface area contributed by atoms with Crippen molar-refractivity contribution in [1.29, 1.82) is 0 Å². The van der Waals surface area contributed by atoms with E-state index in [9.17, 15) is 18.0 Å². The van der Waals surface area contributed by atoms with Gasteiger partial charge in [0.25, 0.3) is 0 Å². The Bertz CT molecular complexity index is 766. The average molecular weight is 421 g/mol. The quantitative estimate of drug-likeness (QED) is 0.554. The number of anilines is 1. The molecule has 1 saturated heterocycles. The Morgan fingerprint density at radius 3 is 2.48 bits per heavy atom. The summed E-state index contributed by atoms with van der Waals surface area (Å²) in [6.07, 6.45) is 1.64. The third-order valence-electron chi connectivity index (χ3n) is 3.84. The summed E-state index contributed by atoms with van der Waals surface area (Å²) in [5.74, 6) is -0.696. The Morgan fingerprint density at radius 2 is 1.89 bits per heavy atom. The molecular weight excluding hydrogens is 396 g/mol. The molecule has 11 heteroatoms. The zero-order valence-corrected chi connectivity index (χ0v) is 16.7. The van der Waals surface area contributed by atoms with Crippen LogP contribution in [0.5, 0.6) is 5.75 Å². The van der Waals surface area contributed by atoms with E-state index < -0.39 is 21.8 Å². The van der Waals surface area contributed by atoms with E-state index in [1.54, 1.807) is 13.0 Å². The molecule has 2 rings (SSSR count).